The summed E-state index contributed by atoms with van der Waals surface area (Å²) in [6, 6.07) is 7.45. The molecule has 4 nitrogen and oxygen atoms in total. The highest BCUT2D eigenvalue weighted by Gasteiger charge is 2.17. The van der Waals surface area contributed by atoms with E-state index in [9.17, 15) is 8.42 Å². The van der Waals surface area contributed by atoms with Crippen molar-refractivity contribution in [1.82, 2.24) is 4.31 Å². The summed E-state index contributed by atoms with van der Waals surface area (Å²) >= 11 is 0. The average molecular weight is 271 g/mol. The van der Waals surface area contributed by atoms with Gasteiger partial charge >= 0.3 is 0 Å². The Morgan fingerprint density at radius 1 is 1.33 bits per heavy atom. The van der Waals surface area contributed by atoms with Crippen LogP contribution in [-0.4, -0.2) is 32.6 Å². The molecule has 1 aromatic rings. The quantitative estimate of drug-likeness (QED) is 0.764. The minimum Gasteiger partial charge on any atom is -0.497 e. The topological polar surface area (TPSA) is 46.6 Å². The number of benzene rings is 1. The van der Waals surface area contributed by atoms with Gasteiger partial charge < -0.3 is 4.74 Å². The monoisotopic (exact) mass is 271 g/mol. The molecule has 0 fully saturated rings. The van der Waals surface area contributed by atoms with Gasteiger partial charge in [-0.2, -0.15) is 0 Å². The number of sulfonamides is 1. The van der Waals surface area contributed by atoms with Crippen molar-refractivity contribution in [2.45, 2.75) is 26.3 Å². The molecular formula is C13H21NO3S. The Morgan fingerprint density at radius 2 is 2.06 bits per heavy atom. The van der Waals surface area contributed by atoms with Gasteiger partial charge in [0.2, 0.25) is 10.0 Å². The molecule has 0 aliphatic heterocycles. The van der Waals surface area contributed by atoms with Crippen molar-refractivity contribution in [1.29, 1.82) is 0 Å². The standard InChI is InChI=1S/C13H21NO3S/c1-4-5-9-18(15,16)14(2)11-12-7-6-8-13(10-12)17-3/h6-8,10H,4-5,9,11H2,1-3H3. The Labute approximate surface area is 110 Å². The minimum atomic E-state index is -3.15. The maximum absolute atomic E-state index is 11.9. The van der Waals surface area contributed by atoms with Crippen molar-refractivity contribution in [3.05, 3.63) is 29.8 Å². The number of hydrogen-bond donors (Lipinski definition) is 0. The van der Waals surface area contributed by atoms with Crippen LogP contribution in [0.2, 0.25) is 0 Å². The first-order chi connectivity index (χ1) is 8.49. The van der Waals surface area contributed by atoms with Crippen LogP contribution in [0, 0.1) is 0 Å². The van der Waals surface area contributed by atoms with Crippen molar-refractivity contribution in [2.75, 3.05) is 19.9 Å². The van der Waals surface area contributed by atoms with E-state index in [2.05, 4.69) is 0 Å². The van der Waals surface area contributed by atoms with E-state index in [1.807, 2.05) is 31.2 Å². The van der Waals surface area contributed by atoms with Crippen molar-refractivity contribution in [3.8, 4) is 5.75 Å². The average Bonchev–Trinajstić information content (AvgIpc) is 2.36. The molecule has 0 amide bonds. The van der Waals surface area contributed by atoms with E-state index in [4.69, 9.17) is 4.74 Å². The highest BCUT2D eigenvalue weighted by atomic mass is 32.2. The first kappa shape index (κ1) is 15.0. The molecule has 0 atom stereocenters. The van der Waals surface area contributed by atoms with E-state index in [1.165, 1.54) is 4.31 Å². The SMILES string of the molecule is CCCCS(=O)(=O)N(C)Cc1cccc(OC)c1. The molecule has 102 valence electrons. The summed E-state index contributed by atoms with van der Waals surface area (Å²) in [5, 5.41) is 0. The summed E-state index contributed by atoms with van der Waals surface area (Å²) in [6.07, 6.45) is 1.58. The van der Waals surface area contributed by atoms with E-state index < -0.39 is 10.0 Å². The van der Waals surface area contributed by atoms with Crippen LogP contribution in [-0.2, 0) is 16.6 Å². The fourth-order valence-corrected chi connectivity index (χ4v) is 2.92. The zero-order chi connectivity index (χ0) is 13.6. The van der Waals surface area contributed by atoms with Crippen LogP contribution in [0.15, 0.2) is 24.3 Å². The van der Waals surface area contributed by atoms with E-state index in [1.54, 1.807) is 14.2 Å². The second-order valence-corrected chi connectivity index (χ2v) is 6.47. The Kier molecular flexibility index (Phi) is 5.62. The smallest absolute Gasteiger partial charge is 0.214 e. The van der Waals surface area contributed by atoms with Crippen LogP contribution in [0.4, 0.5) is 0 Å². The van der Waals surface area contributed by atoms with Gasteiger partial charge in [0.25, 0.3) is 0 Å². The molecule has 0 saturated carbocycles. The molecule has 0 N–H and O–H groups in total. The predicted octanol–water partition coefficient (Wildman–Crippen LogP) is 2.26. The molecule has 5 heteroatoms. The molecule has 0 aliphatic carbocycles. The van der Waals surface area contributed by atoms with Crippen LogP contribution < -0.4 is 4.74 Å². The Hall–Kier alpha value is -1.07. The van der Waals surface area contributed by atoms with Gasteiger partial charge in [0, 0.05) is 13.6 Å². The van der Waals surface area contributed by atoms with Crippen molar-refractivity contribution in [2.24, 2.45) is 0 Å². The van der Waals surface area contributed by atoms with Gasteiger partial charge in [-0.05, 0) is 24.1 Å². The third-order valence-corrected chi connectivity index (χ3v) is 4.65. The summed E-state index contributed by atoms with van der Waals surface area (Å²) in [5.74, 6) is 0.955. The van der Waals surface area contributed by atoms with Gasteiger partial charge in [-0.15, -0.1) is 0 Å². The molecule has 0 heterocycles. The van der Waals surface area contributed by atoms with Crippen molar-refractivity contribution >= 4 is 10.0 Å². The fourth-order valence-electron chi connectivity index (χ4n) is 1.61. The lowest BCUT2D eigenvalue weighted by molar-refractivity contribution is 0.412. The molecule has 0 unspecified atom stereocenters. The van der Waals surface area contributed by atoms with Crippen LogP contribution in [0.1, 0.15) is 25.3 Å². The van der Waals surface area contributed by atoms with Gasteiger partial charge in [-0.3, -0.25) is 0 Å². The summed E-state index contributed by atoms with van der Waals surface area (Å²) in [4.78, 5) is 0. The second-order valence-electron chi connectivity index (χ2n) is 4.28. The Morgan fingerprint density at radius 3 is 2.67 bits per heavy atom. The Bertz CT molecular complexity index is 471. The molecule has 0 radical (unpaired) electrons. The summed E-state index contributed by atoms with van der Waals surface area (Å²) in [6.45, 7) is 2.36. The zero-order valence-corrected chi connectivity index (χ0v) is 12.0. The highest BCUT2D eigenvalue weighted by molar-refractivity contribution is 7.89. The third-order valence-electron chi connectivity index (χ3n) is 2.77. The number of ether oxygens (including phenoxy) is 1. The first-order valence-electron chi connectivity index (χ1n) is 6.06. The normalized spacial score (nSPS) is 11.8. The number of rotatable bonds is 7. The predicted molar refractivity (Wildman–Crippen MR) is 73.2 cm³/mol. The van der Waals surface area contributed by atoms with Crippen LogP contribution >= 0.6 is 0 Å². The zero-order valence-electron chi connectivity index (χ0n) is 11.2. The maximum Gasteiger partial charge on any atom is 0.214 e. The van der Waals surface area contributed by atoms with E-state index >= 15 is 0 Å². The largest absolute Gasteiger partial charge is 0.497 e. The van der Waals surface area contributed by atoms with Crippen molar-refractivity contribution in [3.63, 3.8) is 0 Å². The third kappa shape index (κ3) is 4.31. The maximum atomic E-state index is 11.9. The summed E-state index contributed by atoms with van der Waals surface area (Å²) in [5.41, 5.74) is 0.928. The van der Waals surface area contributed by atoms with Crippen LogP contribution in [0.3, 0.4) is 0 Å². The van der Waals surface area contributed by atoms with Gasteiger partial charge in [0.05, 0.1) is 12.9 Å². The van der Waals surface area contributed by atoms with Gasteiger partial charge in [-0.25, -0.2) is 12.7 Å². The Balaban J connectivity index is 2.71. The van der Waals surface area contributed by atoms with E-state index in [-0.39, 0.29) is 5.75 Å². The lowest BCUT2D eigenvalue weighted by atomic mass is 10.2. The number of methoxy groups -OCH3 is 1. The molecule has 0 spiro atoms. The van der Waals surface area contributed by atoms with E-state index in [0.717, 1.165) is 17.7 Å². The fraction of sp³-hybridized carbons (Fsp3) is 0.538. The number of unbranched alkanes of at least 4 members (excludes halogenated alkanes) is 1. The van der Waals surface area contributed by atoms with Gasteiger partial charge in [0.15, 0.2) is 0 Å². The molecule has 1 rings (SSSR count). The van der Waals surface area contributed by atoms with Crippen LogP contribution in [0.5, 0.6) is 5.75 Å². The molecule has 1 aromatic carbocycles. The lowest BCUT2D eigenvalue weighted by Gasteiger charge is -2.17. The van der Waals surface area contributed by atoms with Crippen molar-refractivity contribution < 1.29 is 13.2 Å². The molecule has 0 aromatic heterocycles. The molecule has 0 bridgehead atoms. The molecular weight excluding hydrogens is 250 g/mol. The molecule has 0 aliphatic rings. The molecule has 18 heavy (non-hydrogen) atoms. The highest BCUT2D eigenvalue weighted by Crippen LogP contribution is 2.15. The van der Waals surface area contributed by atoms with E-state index in [0.29, 0.717) is 13.0 Å². The second kappa shape index (κ2) is 6.75. The summed E-state index contributed by atoms with van der Waals surface area (Å²) < 4.78 is 30.4. The number of hydrogen-bond acceptors (Lipinski definition) is 3. The minimum absolute atomic E-state index is 0.212. The van der Waals surface area contributed by atoms with Crippen LogP contribution in [0.25, 0.3) is 0 Å². The summed E-state index contributed by atoms with van der Waals surface area (Å²) in [7, 11) is 0.0659. The van der Waals surface area contributed by atoms with Gasteiger partial charge in [-0.1, -0.05) is 25.5 Å². The first-order valence-corrected chi connectivity index (χ1v) is 7.67. The molecule has 0 saturated heterocycles. The number of nitrogens with zero attached hydrogens (tertiary/aromatic N) is 1. The lowest BCUT2D eigenvalue weighted by Crippen LogP contribution is -2.28. The van der Waals surface area contributed by atoms with Gasteiger partial charge in [0.1, 0.15) is 5.75 Å².